The lowest BCUT2D eigenvalue weighted by molar-refractivity contribution is -0.144. The maximum atomic E-state index is 11.1. The second kappa shape index (κ2) is 3.66. The molecule has 1 heterocycles. The summed E-state index contributed by atoms with van der Waals surface area (Å²) in [4.78, 5) is 13.0. The fourth-order valence-corrected chi connectivity index (χ4v) is 2.23. The van der Waals surface area contributed by atoms with Crippen LogP contribution in [0, 0.1) is 0 Å². The molecule has 0 aromatic heterocycles. The van der Waals surface area contributed by atoms with Crippen LogP contribution in [0.15, 0.2) is 24.3 Å². The van der Waals surface area contributed by atoms with E-state index in [9.17, 15) is 4.79 Å². The number of benzene rings is 1. The van der Waals surface area contributed by atoms with Gasteiger partial charge in [-0.05, 0) is 31.5 Å². The number of carbonyl (C=O) groups is 1. The number of nitrogens with zero attached hydrogens (tertiary/aromatic N) is 1. The summed E-state index contributed by atoms with van der Waals surface area (Å²) in [6, 6.07) is 7.86. The van der Waals surface area contributed by atoms with E-state index in [1.807, 2.05) is 37.1 Å². The maximum absolute atomic E-state index is 11.1. The molecule has 15 heavy (non-hydrogen) atoms. The van der Waals surface area contributed by atoms with Crippen molar-refractivity contribution in [2.24, 2.45) is 0 Å². The van der Waals surface area contributed by atoms with Gasteiger partial charge in [0.15, 0.2) is 0 Å². The van der Waals surface area contributed by atoms with Crippen LogP contribution in [0.25, 0.3) is 0 Å². The Morgan fingerprint density at radius 2 is 2.13 bits per heavy atom. The molecule has 2 rings (SSSR count). The van der Waals surface area contributed by atoms with Gasteiger partial charge in [-0.2, -0.15) is 0 Å². The Balaban J connectivity index is 2.41. The van der Waals surface area contributed by atoms with Gasteiger partial charge in [0.05, 0.1) is 0 Å². The first-order valence-corrected chi connectivity index (χ1v) is 5.14. The van der Waals surface area contributed by atoms with Gasteiger partial charge in [0.1, 0.15) is 6.04 Å². The monoisotopic (exact) mass is 205 g/mol. The van der Waals surface area contributed by atoms with Crippen LogP contribution in [-0.2, 0) is 11.2 Å². The summed E-state index contributed by atoms with van der Waals surface area (Å²) in [5.74, 6) is -0.737. The maximum Gasteiger partial charge on any atom is 0.321 e. The van der Waals surface area contributed by atoms with Crippen LogP contribution >= 0.6 is 0 Å². The van der Waals surface area contributed by atoms with E-state index in [2.05, 4.69) is 6.07 Å². The molecular weight excluding hydrogens is 190 g/mol. The van der Waals surface area contributed by atoms with E-state index in [0.29, 0.717) is 6.42 Å². The van der Waals surface area contributed by atoms with Gasteiger partial charge in [-0.15, -0.1) is 0 Å². The molecule has 1 aliphatic heterocycles. The van der Waals surface area contributed by atoms with Gasteiger partial charge < -0.3 is 5.11 Å². The largest absolute Gasteiger partial charge is 0.480 e. The molecule has 1 aliphatic rings. The molecule has 0 fully saturated rings. The van der Waals surface area contributed by atoms with Crippen molar-refractivity contribution in [3.05, 3.63) is 35.4 Å². The zero-order chi connectivity index (χ0) is 11.0. The Hall–Kier alpha value is -1.35. The first kappa shape index (κ1) is 10.2. The fraction of sp³-hybridized carbons (Fsp3) is 0.417. The topological polar surface area (TPSA) is 40.5 Å². The molecule has 0 saturated carbocycles. The van der Waals surface area contributed by atoms with Crippen molar-refractivity contribution < 1.29 is 9.90 Å². The second-order valence-corrected chi connectivity index (χ2v) is 4.10. The van der Waals surface area contributed by atoms with E-state index in [1.54, 1.807) is 0 Å². The molecule has 0 radical (unpaired) electrons. The van der Waals surface area contributed by atoms with Crippen molar-refractivity contribution in [2.45, 2.75) is 25.4 Å². The Labute approximate surface area is 89.3 Å². The van der Waals surface area contributed by atoms with Gasteiger partial charge in [-0.25, -0.2) is 0 Å². The highest BCUT2D eigenvalue weighted by Gasteiger charge is 2.32. The summed E-state index contributed by atoms with van der Waals surface area (Å²) in [6.45, 7) is 2.05. The van der Waals surface area contributed by atoms with E-state index in [-0.39, 0.29) is 6.04 Å². The molecule has 0 aliphatic carbocycles. The number of hydrogen-bond acceptors (Lipinski definition) is 2. The molecule has 0 spiro atoms. The average Bonchev–Trinajstić information content (AvgIpc) is 2.23. The Morgan fingerprint density at radius 3 is 2.80 bits per heavy atom. The molecule has 2 unspecified atom stereocenters. The Kier molecular flexibility index (Phi) is 2.49. The molecule has 1 aromatic carbocycles. The predicted octanol–water partition coefficient (Wildman–Crippen LogP) is 1.69. The van der Waals surface area contributed by atoms with E-state index in [0.717, 1.165) is 5.56 Å². The second-order valence-electron chi connectivity index (χ2n) is 4.10. The highest BCUT2D eigenvalue weighted by atomic mass is 16.4. The average molecular weight is 205 g/mol. The van der Waals surface area contributed by atoms with Crippen molar-refractivity contribution in [3.8, 4) is 0 Å². The predicted molar refractivity (Wildman–Crippen MR) is 57.7 cm³/mol. The molecule has 3 nitrogen and oxygen atoms in total. The summed E-state index contributed by atoms with van der Waals surface area (Å²) in [5.41, 5.74) is 2.41. The van der Waals surface area contributed by atoms with Gasteiger partial charge >= 0.3 is 5.97 Å². The van der Waals surface area contributed by atoms with Gasteiger partial charge in [0.2, 0.25) is 0 Å². The van der Waals surface area contributed by atoms with Crippen LogP contribution in [0.2, 0.25) is 0 Å². The van der Waals surface area contributed by atoms with Gasteiger partial charge in [0.25, 0.3) is 0 Å². The van der Waals surface area contributed by atoms with Crippen LogP contribution in [0.3, 0.4) is 0 Å². The first-order valence-electron chi connectivity index (χ1n) is 5.14. The number of rotatable bonds is 1. The number of hydrogen-bond donors (Lipinski definition) is 1. The number of likely N-dealkylation sites (N-methyl/N-ethyl adjacent to an activating group) is 1. The minimum Gasteiger partial charge on any atom is -0.480 e. The fourth-order valence-electron chi connectivity index (χ4n) is 2.23. The molecule has 2 atom stereocenters. The quantitative estimate of drug-likeness (QED) is 0.758. The van der Waals surface area contributed by atoms with Crippen molar-refractivity contribution in [1.82, 2.24) is 4.90 Å². The standard InChI is InChI=1S/C12H15NO2/c1-8-10-6-4-3-5-9(10)7-11(12(14)15)13(8)2/h3-6,8,11H,7H2,1-2H3,(H,14,15). The molecule has 0 saturated heterocycles. The first-order chi connectivity index (χ1) is 7.11. The Morgan fingerprint density at radius 1 is 1.47 bits per heavy atom. The lowest BCUT2D eigenvalue weighted by Gasteiger charge is -2.36. The summed E-state index contributed by atoms with van der Waals surface area (Å²) in [6.07, 6.45) is 0.604. The van der Waals surface area contributed by atoms with Crippen molar-refractivity contribution in [2.75, 3.05) is 7.05 Å². The Bertz CT molecular complexity index is 389. The summed E-state index contributed by atoms with van der Waals surface area (Å²) in [7, 11) is 1.87. The zero-order valence-corrected chi connectivity index (χ0v) is 8.97. The smallest absolute Gasteiger partial charge is 0.321 e. The number of carboxylic acids is 1. The van der Waals surface area contributed by atoms with Crippen molar-refractivity contribution in [3.63, 3.8) is 0 Å². The number of carboxylic acid groups (broad SMARTS) is 1. The van der Waals surface area contributed by atoms with Gasteiger partial charge in [-0.3, -0.25) is 9.69 Å². The molecule has 1 N–H and O–H groups in total. The van der Waals surface area contributed by atoms with Crippen molar-refractivity contribution in [1.29, 1.82) is 0 Å². The SMILES string of the molecule is CC1c2ccccc2CC(C(=O)O)N1C. The molecular formula is C12H15NO2. The van der Waals surface area contributed by atoms with E-state index in [4.69, 9.17) is 5.11 Å². The molecule has 3 heteroatoms. The highest BCUT2D eigenvalue weighted by Crippen LogP contribution is 2.31. The third kappa shape index (κ3) is 1.63. The number of fused-ring (bicyclic) bond motifs is 1. The minimum absolute atomic E-state index is 0.177. The molecule has 1 aromatic rings. The van der Waals surface area contributed by atoms with E-state index in [1.165, 1.54) is 5.56 Å². The van der Waals surface area contributed by atoms with Crippen LogP contribution in [0.5, 0.6) is 0 Å². The van der Waals surface area contributed by atoms with Crippen LogP contribution in [-0.4, -0.2) is 29.1 Å². The third-order valence-corrected chi connectivity index (χ3v) is 3.31. The lowest BCUT2D eigenvalue weighted by atomic mass is 9.89. The molecule has 80 valence electrons. The summed E-state index contributed by atoms with van der Waals surface area (Å²) in [5, 5.41) is 9.11. The normalized spacial score (nSPS) is 26.0. The number of aliphatic carboxylic acids is 1. The highest BCUT2D eigenvalue weighted by molar-refractivity contribution is 5.74. The van der Waals surface area contributed by atoms with Crippen LogP contribution < -0.4 is 0 Å². The van der Waals surface area contributed by atoms with Crippen LogP contribution in [0.4, 0.5) is 0 Å². The lowest BCUT2D eigenvalue weighted by Crippen LogP contribution is -2.45. The van der Waals surface area contributed by atoms with E-state index >= 15 is 0 Å². The summed E-state index contributed by atoms with van der Waals surface area (Å²) < 4.78 is 0. The third-order valence-electron chi connectivity index (χ3n) is 3.31. The van der Waals surface area contributed by atoms with Gasteiger partial charge in [-0.1, -0.05) is 24.3 Å². The minimum atomic E-state index is -0.737. The zero-order valence-electron chi connectivity index (χ0n) is 8.97. The van der Waals surface area contributed by atoms with Crippen molar-refractivity contribution >= 4 is 5.97 Å². The van der Waals surface area contributed by atoms with Crippen LogP contribution in [0.1, 0.15) is 24.1 Å². The molecule has 0 bridgehead atoms. The van der Waals surface area contributed by atoms with Gasteiger partial charge in [0, 0.05) is 6.04 Å². The summed E-state index contributed by atoms with van der Waals surface area (Å²) >= 11 is 0. The molecule has 0 amide bonds. The van der Waals surface area contributed by atoms with E-state index < -0.39 is 12.0 Å².